The van der Waals surface area contributed by atoms with Crippen LogP contribution in [0.2, 0.25) is 5.82 Å². The van der Waals surface area contributed by atoms with Gasteiger partial charge in [-0.15, -0.1) is 0 Å². The van der Waals surface area contributed by atoms with Gasteiger partial charge in [-0.25, -0.2) is 0 Å². The number of carbonyl (C=O) groups is 2. The summed E-state index contributed by atoms with van der Waals surface area (Å²) in [6.45, 7) is 0.153. The van der Waals surface area contributed by atoms with E-state index in [1.165, 1.54) is 14.6 Å². The van der Waals surface area contributed by atoms with Gasteiger partial charge < -0.3 is 19.9 Å². The molecule has 0 bridgehead atoms. The Labute approximate surface area is 130 Å². The molecule has 3 atom stereocenters. The van der Waals surface area contributed by atoms with Gasteiger partial charge in [-0.2, -0.15) is 0 Å². The predicted molar refractivity (Wildman–Crippen MR) is 79.5 cm³/mol. The van der Waals surface area contributed by atoms with Crippen molar-refractivity contribution in [2.75, 3.05) is 13.8 Å². The summed E-state index contributed by atoms with van der Waals surface area (Å²) in [5, 5.41) is 0. The molecular weight excluding hydrogens is 285 g/mol. The number of esters is 2. The highest BCUT2D eigenvalue weighted by Gasteiger charge is 2.52. The number of benzene rings is 1. The van der Waals surface area contributed by atoms with Gasteiger partial charge in [0.1, 0.15) is 6.61 Å². The average molecular weight is 304 g/mol. The molecular formula is C15H19BNO5. The summed E-state index contributed by atoms with van der Waals surface area (Å²) >= 11 is 0. The van der Waals surface area contributed by atoms with Gasteiger partial charge in [-0.1, -0.05) is 30.3 Å². The molecule has 1 aliphatic rings. The number of nitrogens with two attached hydrogens (primary N) is 1. The van der Waals surface area contributed by atoms with Gasteiger partial charge in [0.2, 0.25) is 0 Å². The average Bonchev–Trinajstić information content (AvgIpc) is 3.34. The Morgan fingerprint density at radius 2 is 2.09 bits per heavy atom. The lowest BCUT2D eigenvalue weighted by Crippen LogP contribution is -2.25. The minimum Gasteiger partial charge on any atom is -0.469 e. The fourth-order valence-electron chi connectivity index (χ4n) is 2.35. The van der Waals surface area contributed by atoms with E-state index in [0.717, 1.165) is 5.56 Å². The first-order chi connectivity index (χ1) is 10.7. The van der Waals surface area contributed by atoms with Crippen molar-refractivity contribution in [3.05, 3.63) is 35.9 Å². The van der Waals surface area contributed by atoms with Crippen LogP contribution >= 0.6 is 0 Å². The van der Waals surface area contributed by atoms with Gasteiger partial charge in [-0.3, -0.25) is 9.59 Å². The predicted octanol–water partition coefficient (Wildman–Crippen LogP) is 0.879. The van der Waals surface area contributed by atoms with Crippen molar-refractivity contribution < 1.29 is 23.7 Å². The minimum atomic E-state index is -0.614. The molecule has 0 aromatic heterocycles. The van der Waals surface area contributed by atoms with Gasteiger partial charge in [0.25, 0.3) is 0 Å². The molecule has 0 heterocycles. The summed E-state index contributed by atoms with van der Waals surface area (Å²) in [7, 11) is 2.70. The van der Waals surface area contributed by atoms with Crippen LogP contribution in [-0.4, -0.2) is 33.3 Å². The van der Waals surface area contributed by atoms with E-state index in [2.05, 4.69) is 0 Å². The maximum Gasteiger partial charge on any atom is 0.309 e. The fraction of sp³-hybridized carbons (Fsp3) is 0.467. The van der Waals surface area contributed by atoms with Crippen LogP contribution in [0.25, 0.3) is 0 Å². The number of methoxy groups -OCH3 is 1. The molecule has 1 saturated carbocycles. The third-order valence-electron chi connectivity index (χ3n) is 3.64. The smallest absolute Gasteiger partial charge is 0.309 e. The van der Waals surface area contributed by atoms with Crippen LogP contribution in [0.15, 0.2) is 30.3 Å². The third kappa shape index (κ3) is 4.32. The summed E-state index contributed by atoms with van der Waals surface area (Å²) in [5.41, 5.74) is 6.18. The maximum absolute atomic E-state index is 12.2. The number of hydrogen-bond donors (Lipinski definition) is 1. The lowest BCUT2D eigenvalue weighted by atomic mass is 9.75. The Balaban J connectivity index is 1.91. The van der Waals surface area contributed by atoms with Crippen molar-refractivity contribution in [3.63, 3.8) is 0 Å². The van der Waals surface area contributed by atoms with Gasteiger partial charge in [0.05, 0.1) is 25.6 Å². The molecule has 2 N–H and O–H groups in total. The van der Waals surface area contributed by atoms with E-state index >= 15 is 0 Å². The molecule has 0 spiro atoms. The van der Waals surface area contributed by atoms with Gasteiger partial charge >= 0.3 is 19.4 Å². The zero-order chi connectivity index (χ0) is 15.9. The lowest BCUT2D eigenvalue weighted by Gasteiger charge is -2.14. The van der Waals surface area contributed by atoms with E-state index in [1.807, 2.05) is 30.3 Å². The van der Waals surface area contributed by atoms with E-state index < -0.39 is 11.8 Å². The van der Waals surface area contributed by atoms with Gasteiger partial charge in [0.15, 0.2) is 0 Å². The topological polar surface area (TPSA) is 87.9 Å². The molecule has 0 aliphatic heterocycles. The highest BCUT2D eigenvalue weighted by Crippen LogP contribution is 2.48. The summed E-state index contributed by atoms with van der Waals surface area (Å²) in [5.74, 6) is -1.78. The second-order valence-corrected chi connectivity index (χ2v) is 5.12. The molecule has 1 radical (unpaired) electrons. The van der Waals surface area contributed by atoms with Gasteiger partial charge in [-0.05, 0) is 17.9 Å². The quantitative estimate of drug-likeness (QED) is 0.436. The first-order valence-corrected chi connectivity index (χ1v) is 7.10. The highest BCUT2D eigenvalue weighted by atomic mass is 16.5. The molecule has 7 heteroatoms. The second-order valence-electron chi connectivity index (χ2n) is 5.12. The summed E-state index contributed by atoms with van der Waals surface area (Å²) in [6, 6.07) is 9.38. The monoisotopic (exact) mass is 304 g/mol. The number of rotatable bonds is 8. The van der Waals surface area contributed by atoms with Crippen LogP contribution in [0.5, 0.6) is 0 Å². The maximum atomic E-state index is 12.2. The van der Waals surface area contributed by atoms with Gasteiger partial charge in [0, 0.05) is 0 Å². The largest absolute Gasteiger partial charge is 0.469 e. The third-order valence-corrected chi connectivity index (χ3v) is 3.64. The Morgan fingerprint density at radius 3 is 2.73 bits per heavy atom. The van der Waals surface area contributed by atoms with E-state index in [-0.39, 0.29) is 31.1 Å². The SMILES string of the molecule is COC(=O)C1CC1C([B]OCN)C(=O)OCc1ccccc1. The zero-order valence-corrected chi connectivity index (χ0v) is 12.4. The van der Waals surface area contributed by atoms with Crippen molar-refractivity contribution in [2.45, 2.75) is 18.8 Å². The number of carbonyl (C=O) groups excluding carboxylic acids is 2. The summed E-state index contributed by atoms with van der Waals surface area (Å²) < 4.78 is 15.0. The molecule has 1 aromatic rings. The van der Waals surface area contributed by atoms with Crippen molar-refractivity contribution in [2.24, 2.45) is 17.6 Å². The molecule has 6 nitrogen and oxygen atoms in total. The molecule has 0 saturated heterocycles. The second kappa shape index (κ2) is 7.96. The summed E-state index contributed by atoms with van der Waals surface area (Å²) in [6.07, 6.45) is 0.586. The lowest BCUT2D eigenvalue weighted by molar-refractivity contribution is -0.146. The Morgan fingerprint density at radius 1 is 1.36 bits per heavy atom. The normalized spacial score (nSPS) is 20.8. The molecule has 1 aromatic carbocycles. The molecule has 3 unspecified atom stereocenters. The standard InChI is InChI=1S/C15H19BNO5/c1-20-14(18)12-7-11(12)13(16-22-9-17)15(19)21-8-10-5-3-2-4-6-10/h2-6,11-13H,7-9,17H2,1H3. The van der Waals surface area contributed by atoms with Crippen molar-refractivity contribution in [1.82, 2.24) is 0 Å². The molecule has 1 aliphatic carbocycles. The number of ether oxygens (including phenoxy) is 2. The minimum absolute atomic E-state index is 0.0297. The zero-order valence-electron chi connectivity index (χ0n) is 12.4. The molecule has 1 fully saturated rings. The molecule has 117 valence electrons. The van der Waals surface area contributed by atoms with E-state index in [9.17, 15) is 9.59 Å². The number of hydrogen-bond acceptors (Lipinski definition) is 6. The van der Waals surface area contributed by atoms with Crippen LogP contribution in [0.4, 0.5) is 0 Å². The fourth-order valence-corrected chi connectivity index (χ4v) is 2.35. The van der Waals surface area contributed by atoms with E-state index in [4.69, 9.17) is 19.9 Å². The Bertz CT molecular complexity index is 510. The molecule has 2 rings (SSSR count). The van der Waals surface area contributed by atoms with Crippen LogP contribution in [-0.2, 0) is 30.3 Å². The van der Waals surface area contributed by atoms with Crippen LogP contribution in [0.3, 0.4) is 0 Å². The molecule has 0 amide bonds. The Hall–Kier alpha value is -1.86. The first-order valence-electron chi connectivity index (χ1n) is 7.10. The van der Waals surface area contributed by atoms with Crippen molar-refractivity contribution in [3.8, 4) is 0 Å². The highest BCUT2D eigenvalue weighted by molar-refractivity contribution is 6.37. The molecule has 22 heavy (non-hydrogen) atoms. The first kappa shape index (κ1) is 16.5. The van der Waals surface area contributed by atoms with Crippen LogP contribution in [0.1, 0.15) is 12.0 Å². The van der Waals surface area contributed by atoms with Crippen LogP contribution in [0, 0.1) is 11.8 Å². The summed E-state index contributed by atoms with van der Waals surface area (Å²) in [4.78, 5) is 23.7. The Kier molecular flexibility index (Phi) is 5.97. The van der Waals surface area contributed by atoms with E-state index in [0.29, 0.717) is 6.42 Å². The van der Waals surface area contributed by atoms with Crippen LogP contribution < -0.4 is 5.73 Å². The van der Waals surface area contributed by atoms with Crippen molar-refractivity contribution >= 4 is 19.4 Å². The van der Waals surface area contributed by atoms with E-state index in [1.54, 1.807) is 0 Å². The van der Waals surface area contributed by atoms with Crippen molar-refractivity contribution in [1.29, 1.82) is 0 Å².